The first kappa shape index (κ1) is 14.5. The van der Waals surface area contributed by atoms with Crippen molar-refractivity contribution in [2.45, 2.75) is 19.5 Å². The summed E-state index contributed by atoms with van der Waals surface area (Å²) in [6, 6.07) is 2.70. The molecule has 0 aliphatic heterocycles. The third kappa shape index (κ3) is 3.00. The number of nitrogens with zero attached hydrogens (tertiary/aromatic N) is 1. The summed E-state index contributed by atoms with van der Waals surface area (Å²) in [7, 11) is 1.42. The molecule has 0 fully saturated rings. The maximum absolute atomic E-state index is 13.7. The van der Waals surface area contributed by atoms with Gasteiger partial charge in [-0.2, -0.15) is 13.2 Å². The monoisotopic (exact) mass is 263 g/mol. The molecule has 2 nitrogen and oxygen atoms in total. The number of hydrogen-bond acceptors (Lipinski definition) is 1. The average Bonchev–Trinajstić information content (AvgIpc) is 2.27. The van der Waals surface area contributed by atoms with Crippen LogP contribution in [0.5, 0.6) is 0 Å². The normalized spacial score (nSPS) is 11.4. The molecule has 0 atom stereocenters. The van der Waals surface area contributed by atoms with E-state index < -0.39 is 29.0 Å². The largest absolute Gasteiger partial charge is 0.419 e. The number of amides is 1. The van der Waals surface area contributed by atoms with E-state index in [4.69, 9.17) is 0 Å². The fourth-order valence-electron chi connectivity index (χ4n) is 1.56. The summed E-state index contributed by atoms with van der Waals surface area (Å²) in [4.78, 5) is 12.9. The van der Waals surface area contributed by atoms with Crippen molar-refractivity contribution in [2.75, 3.05) is 13.6 Å². The highest BCUT2D eigenvalue weighted by Crippen LogP contribution is 2.32. The van der Waals surface area contributed by atoms with E-state index in [-0.39, 0.29) is 0 Å². The Morgan fingerprint density at radius 2 is 1.94 bits per heavy atom. The van der Waals surface area contributed by atoms with Crippen LogP contribution in [-0.2, 0) is 6.18 Å². The molecule has 0 aliphatic carbocycles. The van der Waals surface area contributed by atoms with Crippen molar-refractivity contribution in [3.63, 3.8) is 0 Å². The first-order valence-corrected chi connectivity index (χ1v) is 5.40. The lowest BCUT2D eigenvalue weighted by molar-refractivity contribution is -0.140. The summed E-state index contributed by atoms with van der Waals surface area (Å²) < 4.78 is 51.1. The van der Waals surface area contributed by atoms with Crippen molar-refractivity contribution < 1.29 is 22.4 Å². The van der Waals surface area contributed by atoms with Crippen LogP contribution in [0.15, 0.2) is 18.2 Å². The molecule has 100 valence electrons. The van der Waals surface area contributed by atoms with Gasteiger partial charge in [0, 0.05) is 13.6 Å². The van der Waals surface area contributed by atoms with Crippen LogP contribution >= 0.6 is 0 Å². The highest BCUT2D eigenvalue weighted by molar-refractivity contribution is 5.94. The lowest BCUT2D eigenvalue weighted by Crippen LogP contribution is -2.28. The van der Waals surface area contributed by atoms with E-state index in [1.807, 2.05) is 6.92 Å². The second kappa shape index (κ2) is 5.37. The molecule has 1 amide bonds. The molecule has 0 aromatic heterocycles. The van der Waals surface area contributed by atoms with Crippen molar-refractivity contribution in [3.8, 4) is 0 Å². The van der Waals surface area contributed by atoms with Gasteiger partial charge in [0.05, 0.1) is 11.1 Å². The number of rotatable bonds is 3. The van der Waals surface area contributed by atoms with E-state index in [1.54, 1.807) is 0 Å². The van der Waals surface area contributed by atoms with Gasteiger partial charge >= 0.3 is 6.18 Å². The number of hydrogen-bond donors (Lipinski definition) is 0. The lowest BCUT2D eigenvalue weighted by atomic mass is 10.1. The second-order valence-electron chi connectivity index (χ2n) is 3.89. The maximum Gasteiger partial charge on any atom is 0.419 e. The summed E-state index contributed by atoms with van der Waals surface area (Å²) in [5, 5.41) is 0. The minimum atomic E-state index is -4.80. The Kier molecular flexibility index (Phi) is 4.32. The van der Waals surface area contributed by atoms with Crippen molar-refractivity contribution in [1.82, 2.24) is 4.90 Å². The summed E-state index contributed by atoms with van der Waals surface area (Å²) in [6.07, 6.45) is -4.16. The zero-order chi connectivity index (χ0) is 13.9. The molecule has 0 N–H and O–H groups in total. The quantitative estimate of drug-likeness (QED) is 0.766. The third-order valence-corrected chi connectivity index (χ3v) is 2.44. The van der Waals surface area contributed by atoms with E-state index >= 15 is 0 Å². The molecule has 1 aromatic rings. The Hall–Kier alpha value is -1.59. The van der Waals surface area contributed by atoms with Crippen LogP contribution in [0, 0.1) is 5.82 Å². The van der Waals surface area contributed by atoms with Gasteiger partial charge in [-0.1, -0.05) is 13.0 Å². The van der Waals surface area contributed by atoms with Crippen molar-refractivity contribution in [2.24, 2.45) is 0 Å². The van der Waals surface area contributed by atoms with Gasteiger partial charge in [-0.25, -0.2) is 4.39 Å². The molecule has 0 radical (unpaired) electrons. The van der Waals surface area contributed by atoms with Crippen LogP contribution in [0.4, 0.5) is 17.6 Å². The third-order valence-electron chi connectivity index (χ3n) is 2.44. The van der Waals surface area contributed by atoms with Crippen molar-refractivity contribution in [3.05, 3.63) is 35.1 Å². The number of benzene rings is 1. The summed E-state index contributed by atoms with van der Waals surface area (Å²) in [5.41, 5.74) is -1.97. The molecule has 0 aliphatic rings. The topological polar surface area (TPSA) is 20.3 Å². The minimum Gasteiger partial charge on any atom is -0.342 e. The van der Waals surface area contributed by atoms with Crippen LogP contribution in [0.25, 0.3) is 0 Å². The predicted octanol–water partition coefficient (Wildman–Crippen LogP) is 3.33. The number of carbonyl (C=O) groups is 1. The molecule has 0 heterocycles. The molecule has 0 spiro atoms. The van der Waals surface area contributed by atoms with Crippen LogP contribution in [-0.4, -0.2) is 24.4 Å². The molecule has 0 bridgehead atoms. The fourth-order valence-corrected chi connectivity index (χ4v) is 1.56. The molecule has 1 rings (SSSR count). The number of alkyl halides is 3. The highest BCUT2D eigenvalue weighted by atomic mass is 19.4. The van der Waals surface area contributed by atoms with E-state index in [0.717, 1.165) is 12.1 Å². The molecular weight excluding hydrogens is 250 g/mol. The molecule has 0 unspecified atom stereocenters. The van der Waals surface area contributed by atoms with Crippen LogP contribution in [0.3, 0.4) is 0 Å². The van der Waals surface area contributed by atoms with Gasteiger partial charge in [0.2, 0.25) is 0 Å². The maximum atomic E-state index is 13.7. The lowest BCUT2D eigenvalue weighted by Gasteiger charge is -2.17. The zero-order valence-electron chi connectivity index (χ0n) is 10.0. The summed E-state index contributed by atoms with van der Waals surface area (Å²) >= 11 is 0. The SMILES string of the molecule is CCCN(C)C(=O)c1cccc(C(F)(F)F)c1F. The predicted molar refractivity (Wildman–Crippen MR) is 58.7 cm³/mol. The van der Waals surface area contributed by atoms with Crippen LogP contribution in [0.1, 0.15) is 29.3 Å². The Labute approximate surface area is 102 Å². The van der Waals surface area contributed by atoms with E-state index in [1.165, 1.54) is 11.9 Å². The molecule has 1 aromatic carbocycles. The van der Waals surface area contributed by atoms with Gasteiger partial charge in [0.1, 0.15) is 5.82 Å². The fraction of sp³-hybridized carbons (Fsp3) is 0.417. The van der Waals surface area contributed by atoms with Crippen LogP contribution < -0.4 is 0 Å². The average molecular weight is 263 g/mol. The second-order valence-corrected chi connectivity index (χ2v) is 3.89. The number of halogens is 4. The number of carbonyl (C=O) groups excluding carboxylic acids is 1. The Morgan fingerprint density at radius 3 is 2.44 bits per heavy atom. The van der Waals surface area contributed by atoms with Gasteiger partial charge < -0.3 is 4.90 Å². The van der Waals surface area contributed by atoms with Crippen molar-refractivity contribution >= 4 is 5.91 Å². The molecular formula is C12H13F4NO. The molecule has 6 heteroatoms. The van der Waals surface area contributed by atoms with Crippen LogP contribution in [0.2, 0.25) is 0 Å². The Morgan fingerprint density at radius 1 is 1.33 bits per heavy atom. The Bertz CT molecular complexity index is 442. The van der Waals surface area contributed by atoms with Gasteiger partial charge in [0.15, 0.2) is 0 Å². The minimum absolute atomic E-state index is 0.356. The van der Waals surface area contributed by atoms with E-state index in [9.17, 15) is 22.4 Å². The standard InChI is InChI=1S/C12H13F4NO/c1-3-7-17(2)11(18)8-5-4-6-9(10(8)13)12(14,15)16/h4-6H,3,7H2,1-2H3. The van der Waals surface area contributed by atoms with Crippen molar-refractivity contribution in [1.29, 1.82) is 0 Å². The van der Waals surface area contributed by atoms with Gasteiger partial charge in [0.25, 0.3) is 5.91 Å². The smallest absolute Gasteiger partial charge is 0.342 e. The summed E-state index contributed by atoms with van der Waals surface area (Å²) in [6.45, 7) is 2.17. The highest BCUT2D eigenvalue weighted by Gasteiger charge is 2.35. The van der Waals surface area contributed by atoms with Gasteiger partial charge in [-0.15, -0.1) is 0 Å². The molecule has 0 saturated carbocycles. The van der Waals surface area contributed by atoms with E-state index in [0.29, 0.717) is 19.0 Å². The summed E-state index contributed by atoms with van der Waals surface area (Å²) in [5.74, 6) is -2.27. The zero-order valence-corrected chi connectivity index (χ0v) is 10.0. The first-order chi connectivity index (χ1) is 8.29. The van der Waals surface area contributed by atoms with Gasteiger partial charge in [-0.3, -0.25) is 4.79 Å². The van der Waals surface area contributed by atoms with E-state index in [2.05, 4.69) is 0 Å². The Balaban J connectivity index is 3.15. The molecule has 18 heavy (non-hydrogen) atoms. The van der Waals surface area contributed by atoms with Gasteiger partial charge in [-0.05, 0) is 18.6 Å². The first-order valence-electron chi connectivity index (χ1n) is 5.40. The molecule has 0 saturated heterocycles.